The maximum atomic E-state index is 12.5. The van der Waals surface area contributed by atoms with E-state index in [1.165, 1.54) is 11.8 Å². The van der Waals surface area contributed by atoms with E-state index in [0.29, 0.717) is 18.0 Å². The number of hydrogen-bond donors (Lipinski definition) is 1. The molecule has 0 saturated heterocycles. The van der Waals surface area contributed by atoms with E-state index in [4.69, 9.17) is 0 Å². The van der Waals surface area contributed by atoms with Gasteiger partial charge in [-0.2, -0.15) is 0 Å². The van der Waals surface area contributed by atoms with E-state index in [0.717, 1.165) is 18.5 Å². The Hall–Kier alpha value is -2.69. The standard InChI is InChI=1S/C21H27N3O2/c1-5-6-13-24(4)21(26)19-14-17(11-12-22-19)20(25)23-18-9-7-16(8-10-18)15(2)3/h7-12,14-15H,5-6,13H2,1-4H3,(H,23,25). The van der Waals surface area contributed by atoms with Gasteiger partial charge in [-0.15, -0.1) is 0 Å². The highest BCUT2D eigenvalue weighted by atomic mass is 16.2. The SMILES string of the molecule is CCCCN(C)C(=O)c1cc(C(=O)Nc2ccc(C(C)C)cc2)ccn1. The minimum atomic E-state index is -0.255. The van der Waals surface area contributed by atoms with Gasteiger partial charge in [0.1, 0.15) is 5.69 Å². The Morgan fingerprint density at radius 1 is 1.15 bits per heavy atom. The lowest BCUT2D eigenvalue weighted by atomic mass is 10.0. The topological polar surface area (TPSA) is 62.3 Å². The van der Waals surface area contributed by atoms with Crippen molar-refractivity contribution < 1.29 is 9.59 Å². The van der Waals surface area contributed by atoms with Crippen LogP contribution in [0.25, 0.3) is 0 Å². The number of carbonyl (C=O) groups excluding carboxylic acids is 2. The van der Waals surface area contributed by atoms with Crippen LogP contribution in [0, 0.1) is 0 Å². The Morgan fingerprint density at radius 2 is 1.85 bits per heavy atom. The van der Waals surface area contributed by atoms with Crippen molar-refractivity contribution in [3.05, 3.63) is 59.4 Å². The average molecular weight is 353 g/mol. The number of anilines is 1. The molecule has 5 heteroatoms. The van der Waals surface area contributed by atoms with Crippen molar-refractivity contribution >= 4 is 17.5 Å². The van der Waals surface area contributed by atoms with Gasteiger partial charge in [-0.25, -0.2) is 0 Å². The molecule has 0 aliphatic carbocycles. The van der Waals surface area contributed by atoms with E-state index in [1.54, 1.807) is 24.1 Å². The van der Waals surface area contributed by atoms with Gasteiger partial charge in [0.05, 0.1) is 0 Å². The van der Waals surface area contributed by atoms with E-state index in [2.05, 4.69) is 31.1 Å². The van der Waals surface area contributed by atoms with Crippen LogP contribution in [0.3, 0.4) is 0 Å². The molecule has 0 fully saturated rings. The Balaban J connectivity index is 2.08. The van der Waals surface area contributed by atoms with Gasteiger partial charge < -0.3 is 10.2 Å². The minimum Gasteiger partial charge on any atom is -0.340 e. The number of nitrogens with zero attached hydrogens (tertiary/aromatic N) is 2. The molecule has 2 amide bonds. The Kier molecular flexibility index (Phi) is 6.89. The van der Waals surface area contributed by atoms with Gasteiger partial charge in [0.25, 0.3) is 11.8 Å². The number of carbonyl (C=O) groups is 2. The molecule has 2 aromatic rings. The lowest BCUT2D eigenvalue weighted by molar-refractivity contribution is 0.0787. The fourth-order valence-electron chi connectivity index (χ4n) is 2.54. The molecule has 0 radical (unpaired) electrons. The van der Waals surface area contributed by atoms with E-state index in [9.17, 15) is 9.59 Å². The summed E-state index contributed by atoms with van der Waals surface area (Å²) in [4.78, 5) is 30.7. The summed E-state index contributed by atoms with van der Waals surface area (Å²) >= 11 is 0. The average Bonchev–Trinajstić information content (AvgIpc) is 2.66. The number of rotatable bonds is 7. The molecule has 1 N–H and O–H groups in total. The quantitative estimate of drug-likeness (QED) is 0.806. The first-order chi connectivity index (χ1) is 12.4. The maximum Gasteiger partial charge on any atom is 0.272 e. The second-order valence-corrected chi connectivity index (χ2v) is 6.74. The molecular formula is C21H27N3O2. The predicted octanol–water partition coefficient (Wildman–Crippen LogP) is 4.33. The molecule has 138 valence electrons. The van der Waals surface area contributed by atoms with Crippen LogP contribution in [0.15, 0.2) is 42.6 Å². The third-order valence-corrected chi connectivity index (χ3v) is 4.27. The zero-order valence-corrected chi connectivity index (χ0v) is 16.0. The van der Waals surface area contributed by atoms with Gasteiger partial charge in [0.15, 0.2) is 0 Å². The van der Waals surface area contributed by atoms with Gasteiger partial charge in [-0.1, -0.05) is 39.3 Å². The van der Waals surface area contributed by atoms with Gasteiger partial charge in [0, 0.05) is 31.0 Å². The van der Waals surface area contributed by atoms with Crippen molar-refractivity contribution in [3.8, 4) is 0 Å². The minimum absolute atomic E-state index is 0.172. The molecule has 0 atom stereocenters. The van der Waals surface area contributed by atoms with Crippen molar-refractivity contribution in [2.45, 2.75) is 39.5 Å². The van der Waals surface area contributed by atoms with Gasteiger partial charge in [-0.05, 0) is 42.2 Å². The number of unbranched alkanes of at least 4 members (excludes halogenated alkanes) is 1. The number of hydrogen-bond acceptors (Lipinski definition) is 3. The largest absolute Gasteiger partial charge is 0.340 e. The van der Waals surface area contributed by atoms with E-state index >= 15 is 0 Å². The summed E-state index contributed by atoms with van der Waals surface area (Å²) < 4.78 is 0. The lowest BCUT2D eigenvalue weighted by Crippen LogP contribution is -2.28. The van der Waals surface area contributed by atoms with Crippen LogP contribution in [-0.4, -0.2) is 35.3 Å². The molecule has 0 aliphatic heterocycles. The first-order valence-corrected chi connectivity index (χ1v) is 9.05. The third kappa shape index (κ3) is 5.15. The van der Waals surface area contributed by atoms with Crippen LogP contribution in [0.1, 0.15) is 65.9 Å². The van der Waals surface area contributed by atoms with E-state index < -0.39 is 0 Å². The highest BCUT2D eigenvalue weighted by molar-refractivity contribution is 6.05. The monoisotopic (exact) mass is 353 g/mol. The third-order valence-electron chi connectivity index (χ3n) is 4.27. The number of pyridine rings is 1. The maximum absolute atomic E-state index is 12.5. The molecular weight excluding hydrogens is 326 g/mol. The van der Waals surface area contributed by atoms with Crippen molar-refractivity contribution in [1.82, 2.24) is 9.88 Å². The van der Waals surface area contributed by atoms with Crippen LogP contribution < -0.4 is 5.32 Å². The van der Waals surface area contributed by atoms with Gasteiger partial charge in [-0.3, -0.25) is 14.6 Å². The molecule has 0 aliphatic rings. The zero-order chi connectivity index (χ0) is 19.1. The first kappa shape index (κ1) is 19.6. The van der Waals surface area contributed by atoms with Gasteiger partial charge >= 0.3 is 0 Å². The number of amides is 2. The Labute approximate surface area is 155 Å². The Bertz CT molecular complexity index is 754. The molecule has 2 rings (SSSR count). The molecule has 1 aromatic heterocycles. The summed E-state index contributed by atoms with van der Waals surface area (Å²) in [6.45, 7) is 7.01. The van der Waals surface area contributed by atoms with Crippen molar-refractivity contribution in [2.24, 2.45) is 0 Å². The van der Waals surface area contributed by atoms with Crippen LogP contribution in [0.5, 0.6) is 0 Å². The molecule has 5 nitrogen and oxygen atoms in total. The zero-order valence-electron chi connectivity index (χ0n) is 16.0. The number of nitrogens with one attached hydrogen (secondary N) is 1. The van der Waals surface area contributed by atoms with Crippen LogP contribution in [-0.2, 0) is 0 Å². The van der Waals surface area contributed by atoms with Crippen molar-refractivity contribution in [1.29, 1.82) is 0 Å². The number of aromatic nitrogens is 1. The second kappa shape index (κ2) is 9.13. The molecule has 1 aromatic carbocycles. The van der Waals surface area contributed by atoms with Crippen molar-refractivity contribution in [2.75, 3.05) is 18.9 Å². The summed E-state index contributed by atoms with van der Waals surface area (Å²) in [6.07, 6.45) is 3.45. The molecule has 0 saturated carbocycles. The highest BCUT2D eigenvalue weighted by Gasteiger charge is 2.15. The van der Waals surface area contributed by atoms with Crippen molar-refractivity contribution in [3.63, 3.8) is 0 Å². The fourth-order valence-corrected chi connectivity index (χ4v) is 2.54. The number of benzene rings is 1. The van der Waals surface area contributed by atoms with E-state index in [1.807, 2.05) is 24.3 Å². The molecule has 0 unspecified atom stereocenters. The lowest BCUT2D eigenvalue weighted by Gasteiger charge is -2.16. The molecule has 0 bridgehead atoms. The van der Waals surface area contributed by atoms with E-state index in [-0.39, 0.29) is 17.5 Å². The highest BCUT2D eigenvalue weighted by Crippen LogP contribution is 2.18. The first-order valence-electron chi connectivity index (χ1n) is 9.05. The van der Waals surface area contributed by atoms with Crippen LogP contribution in [0.2, 0.25) is 0 Å². The molecule has 0 spiro atoms. The Morgan fingerprint density at radius 3 is 2.46 bits per heavy atom. The summed E-state index contributed by atoms with van der Waals surface area (Å²) in [5.41, 5.74) is 2.64. The summed E-state index contributed by atoms with van der Waals surface area (Å²) in [6, 6.07) is 10.9. The molecule has 26 heavy (non-hydrogen) atoms. The van der Waals surface area contributed by atoms with Crippen LogP contribution >= 0.6 is 0 Å². The summed E-state index contributed by atoms with van der Waals surface area (Å²) in [5.74, 6) is 0.0163. The molecule has 1 heterocycles. The second-order valence-electron chi connectivity index (χ2n) is 6.74. The predicted molar refractivity (Wildman–Crippen MR) is 105 cm³/mol. The summed E-state index contributed by atoms with van der Waals surface area (Å²) in [7, 11) is 1.75. The normalized spacial score (nSPS) is 10.7. The fraction of sp³-hybridized carbons (Fsp3) is 0.381. The summed E-state index contributed by atoms with van der Waals surface area (Å²) in [5, 5.41) is 2.86. The van der Waals surface area contributed by atoms with Crippen LogP contribution in [0.4, 0.5) is 5.69 Å². The smallest absolute Gasteiger partial charge is 0.272 e. The van der Waals surface area contributed by atoms with Gasteiger partial charge in [0.2, 0.25) is 0 Å².